The number of primary sulfonamides is 1. The van der Waals surface area contributed by atoms with Crippen LogP contribution in [0.2, 0.25) is 0 Å². The number of pyridine rings is 1. The van der Waals surface area contributed by atoms with Gasteiger partial charge in [-0.05, 0) is 31.0 Å². The van der Waals surface area contributed by atoms with E-state index in [1.54, 1.807) is 4.90 Å². The zero-order valence-electron chi connectivity index (χ0n) is 13.0. The Hall–Kier alpha value is -2.14. The van der Waals surface area contributed by atoms with Crippen LogP contribution in [-0.2, 0) is 16.2 Å². The number of nitrogens with zero attached hydrogens (tertiary/aromatic N) is 4. The minimum atomic E-state index is -4.50. The highest BCUT2D eigenvalue weighted by atomic mass is 32.2. The van der Waals surface area contributed by atoms with E-state index in [9.17, 15) is 21.6 Å². The maximum Gasteiger partial charge on any atom is 0.435 e. The summed E-state index contributed by atoms with van der Waals surface area (Å²) in [6.07, 6.45) is -0.472. The van der Waals surface area contributed by atoms with Crippen LogP contribution in [-0.4, -0.2) is 36.3 Å². The highest BCUT2D eigenvalue weighted by Gasteiger charge is 2.35. The SMILES string of the molecule is NS(=O)(=O)c1cccnc1N1CCCC(n2ccc(C(F)(F)F)n2)C1. The third kappa shape index (κ3) is 3.76. The summed E-state index contributed by atoms with van der Waals surface area (Å²) in [5, 5.41) is 8.83. The second-order valence-corrected chi connectivity index (χ2v) is 7.32. The number of aromatic nitrogens is 3. The van der Waals surface area contributed by atoms with E-state index in [2.05, 4.69) is 10.1 Å². The van der Waals surface area contributed by atoms with Crippen molar-refractivity contribution in [3.63, 3.8) is 0 Å². The van der Waals surface area contributed by atoms with Crippen LogP contribution in [0, 0.1) is 0 Å². The molecule has 7 nitrogen and oxygen atoms in total. The number of hydrogen-bond donors (Lipinski definition) is 1. The minimum absolute atomic E-state index is 0.105. The Morgan fingerprint density at radius 2 is 2.04 bits per heavy atom. The van der Waals surface area contributed by atoms with Crippen molar-refractivity contribution in [3.8, 4) is 0 Å². The van der Waals surface area contributed by atoms with Gasteiger partial charge >= 0.3 is 6.18 Å². The topological polar surface area (TPSA) is 94.1 Å². The molecular weight excluding hydrogens is 359 g/mol. The molecule has 0 bridgehead atoms. The first-order valence-corrected chi connectivity index (χ1v) is 9.06. The Balaban J connectivity index is 1.87. The standard InChI is InChI=1S/C14H16F3N5O2S/c15-14(16,17)12-5-8-22(20-12)10-3-2-7-21(9-10)13-11(25(18,23)24)4-1-6-19-13/h1,4-6,8,10H,2-3,7,9H2,(H2,18,23,24). The van der Waals surface area contributed by atoms with Gasteiger partial charge < -0.3 is 4.90 Å². The van der Waals surface area contributed by atoms with E-state index in [1.807, 2.05) is 0 Å². The molecule has 1 unspecified atom stereocenters. The van der Waals surface area contributed by atoms with Crippen LogP contribution in [0.4, 0.5) is 19.0 Å². The number of sulfonamides is 1. The average molecular weight is 375 g/mol. The van der Waals surface area contributed by atoms with Gasteiger partial charge in [0.15, 0.2) is 5.69 Å². The molecule has 0 aliphatic carbocycles. The minimum Gasteiger partial charge on any atom is -0.353 e. The highest BCUT2D eigenvalue weighted by molar-refractivity contribution is 7.89. The lowest BCUT2D eigenvalue weighted by Gasteiger charge is -2.34. The molecule has 11 heteroatoms. The molecule has 1 atom stereocenters. The van der Waals surface area contributed by atoms with Crippen molar-refractivity contribution in [1.82, 2.24) is 14.8 Å². The lowest BCUT2D eigenvalue weighted by Crippen LogP contribution is -2.38. The Morgan fingerprint density at radius 3 is 2.68 bits per heavy atom. The van der Waals surface area contributed by atoms with Crippen molar-refractivity contribution in [2.24, 2.45) is 5.14 Å². The molecule has 0 aromatic carbocycles. The van der Waals surface area contributed by atoms with Gasteiger partial charge in [0.05, 0.1) is 6.04 Å². The zero-order chi connectivity index (χ0) is 18.2. The lowest BCUT2D eigenvalue weighted by atomic mass is 10.1. The number of piperidine rings is 1. The van der Waals surface area contributed by atoms with Crippen LogP contribution in [0.15, 0.2) is 35.5 Å². The normalized spacial score (nSPS) is 19.2. The molecule has 25 heavy (non-hydrogen) atoms. The molecule has 0 radical (unpaired) electrons. The first kappa shape index (κ1) is 17.7. The summed E-state index contributed by atoms with van der Waals surface area (Å²) in [6, 6.07) is 3.43. The van der Waals surface area contributed by atoms with E-state index >= 15 is 0 Å². The van der Waals surface area contributed by atoms with Gasteiger partial charge in [0, 0.05) is 25.5 Å². The summed E-state index contributed by atoms with van der Waals surface area (Å²) >= 11 is 0. The zero-order valence-corrected chi connectivity index (χ0v) is 13.8. The van der Waals surface area contributed by atoms with Crippen molar-refractivity contribution >= 4 is 15.8 Å². The molecular formula is C14H16F3N5O2S. The van der Waals surface area contributed by atoms with Gasteiger partial charge in [-0.3, -0.25) is 4.68 Å². The van der Waals surface area contributed by atoms with E-state index in [0.717, 1.165) is 6.07 Å². The van der Waals surface area contributed by atoms with Crippen LogP contribution in [0.1, 0.15) is 24.6 Å². The largest absolute Gasteiger partial charge is 0.435 e. The number of hydrogen-bond acceptors (Lipinski definition) is 5. The van der Waals surface area contributed by atoms with E-state index < -0.39 is 21.9 Å². The van der Waals surface area contributed by atoms with E-state index in [1.165, 1.54) is 29.2 Å². The molecule has 0 spiro atoms. The first-order chi connectivity index (χ1) is 11.7. The van der Waals surface area contributed by atoms with Crippen LogP contribution < -0.4 is 10.0 Å². The van der Waals surface area contributed by atoms with E-state index in [0.29, 0.717) is 25.9 Å². The summed E-state index contributed by atoms with van der Waals surface area (Å²) in [4.78, 5) is 5.71. The number of nitrogens with two attached hydrogens (primary N) is 1. The molecule has 1 fully saturated rings. The van der Waals surface area contributed by atoms with Crippen molar-refractivity contribution in [2.45, 2.75) is 30.0 Å². The summed E-state index contributed by atoms with van der Waals surface area (Å²) in [7, 11) is -3.96. The smallest absolute Gasteiger partial charge is 0.353 e. The van der Waals surface area contributed by atoms with E-state index in [-0.39, 0.29) is 16.8 Å². The maximum atomic E-state index is 12.7. The maximum absolute atomic E-state index is 12.7. The Bertz CT molecular complexity index is 865. The quantitative estimate of drug-likeness (QED) is 0.883. The van der Waals surface area contributed by atoms with Crippen molar-refractivity contribution in [3.05, 3.63) is 36.3 Å². The molecule has 3 heterocycles. The summed E-state index contributed by atoms with van der Waals surface area (Å²) in [5.41, 5.74) is -0.951. The molecule has 136 valence electrons. The predicted octanol–water partition coefficient (Wildman–Crippen LogP) is 1.79. The molecule has 0 amide bonds. The fourth-order valence-corrected chi connectivity index (χ4v) is 3.60. The highest BCUT2D eigenvalue weighted by Crippen LogP contribution is 2.31. The molecule has 1 aliphatic heterocycles. The fraction of sp³-hybridized carbons (Fsp3) is 0.429. The first-order valence-electron chi connectivity index (χ1n) is 7.51. The lowest BCUT2D eigenvalue weighted by molar-refractivity contribution is -0.141. The monoisotopic (exact) mass is 375 g/mol. The van der Waals surface area contributed by atoms with Gasteiger partial charge in [-0.1, -0.05) is 0 Å². The summed E-state index contributed by atoms with van der Waals surface area (Å²) in [5.74, 6) is 0.206. The molecule has 2 aromatic heterocycles. The Labute approximate surface area is 142 Å². The van der Waals surface area contributed by atoms with Gasteiger partial charge in [-0.25, -0.2) is 18.5 Å². The molecule has 2 aromatic rings. The predicted molar refractivity (Wildman–Crippen MR) is 83.3 cm³/mol. The molecule has 2 N–H and O–H groups in total. The average Bonchev–Trinajstić information content (AvgIpc) is 3.04. The molecule has 1 aliphatic rings. The molecule has 0 saturated carbocycles. The van der Waals surface area contributed by atoms with Gasteiger partial charge in [0.25, 0.3) is 0 Å². The number of anilines is 1. The third-order valence-electron chi connectivity index (χ3n) is 4.03. The summed E-state index contributed by atoms with van der Waals surface area (Å²) in [6.45, 7) is 0.821. The molecule has 1 saturated heterocycles. The number of alkyl halides is 3. The van der Waals surface area contributed by atoms with Crippen LogP contribution in [0.5, 0.6) is 0 Å². The van der Waals surface area contributed by atoms with E-state index in [4.69, 9.17) is 5.14 Å². The van der Waals surface area contributed by atoms with Crippen molar-refractivity contribution in [2.75, 3.05) is 18.0 Å². The Morgan fingerprint density at radius 1 is 1.28 bits per heavy atom. The third-order valence-corrected chi connectivity index (χ3v) is 4.96. The van der Waals surface area contributed by atoms with Crippen molar-refractivity contribution < 1.29 is 21.6 Å². The number of halogens is 3. The fourth-order valence-electron chi connectivity index (χ4n) is 2.90. The molecule has 3 rings (SSSR count). The van der Waals surface area contributed by atoms with Gasteiger partial charge in [-0.15, -0.1) is 0 Å². The van der Waals surface area contributed by atoms with Crippen LogP contribution in [0.25, 0.3) is 0 Å². The van der Waals surface area contributed by atoms with Crippen LogP contribution >= 0.6 is 0 Å². The van der Waals surface area contributed by atoms with Gasteiger partial charge in [0.1, 0.15) is 10.7 Å². The summed E-state index contributed by atoms with van der Waals surface area (Å²) < 4.78 is 62.9. The van der Waals surface area contributed by atoms with Gasteiger partial charge in [-0.2, -0.15) is 18.3 Å². The second-order valence-electron chi connectivity index (χ2n) is 5.79. The number of rotatable bonds is 3. The van der Waals surface area contributed by atoms with Crippen LogP contribution in [0.3, 0.4) is 0 Å². The van der Waals surface area contributed by atoms with Crippen molar-refractivity contribution in [1.29, 1.82) is 0 Å². The Kier molecular flexibility index (Phi) is 4.45. The second kappa shape index (κ2) is 6.30. The van der Waals surface area contributed by atoms with Gasteiger partial charge in [0.2, 0.25) is 10.0 Å².